The lowest BCUT2D eigenvalue weighted by atomic mass is 9.60. The van der Waals surface area contributed by atoms with Crippen molar-refractivity contribution in [2.45, 2.75) is 83.8 Å². The van der Waals surface area contributed by atoms with Crippen LogP contribution in [-0.4, -0.2) is 21.9 Å². The lowest BCUT2D eigenvalue weighted by molar-refractivity contribution is -0.0449. The second kappa shape index (κ2) is 6.46. The lowest BCUT2D eigenvalue weighted by Crippen LogP contribution is -2.43. The van der Waals surface area contributed by atoms with Crippen molar-refractivity contribution in [3.63, 3.8) is 0 Å². The van der Waals surface area contributed by atoms with Crippen LogP contribution in [0, 0.1) is 17.3 Å². The van der Waals surface area contributed by atoms with Crippen molar-refractivity contribution in [2.75, 3.05) is 0 Å². The molecule has 134 valence electrons. The van der Waals surface area contributed by atoms with Gasteiger partial charge in [-0.15, -0.1) is 0 Å². The molecule has 3 fully saturated rings. The highest BCUT2D eigenvalue weighted by Gasteiger charge is 2.53. The summed E-state index contributed by atoms with van der Waals surface area (Å²) in [7, 11) is 0. The molecule has 0 bridgehead atoms. The smallest absolute Gasteiger partial charge is 0.0625 e. The van der Waals surface area contributed by atoms with Gasteiger partial charge in [0.1, 0.15) is 0 Å². The minimum Gasteiger partial charge on any atom is -0.393 e. The summed E-state index contributed by atoms with van der Waals surface area (Å²) in [5, 5.41) is 20.6. The molecule has 0 spiro atoms. The van der Waals surface area contributed by atoms with Gasteiger partial charge < -0.3 is 10.2 Å². The van der Waals surface area contributed by atoms with Crippen molar-refractivity contribution >= 4 is 0 Å². The van der Waals surface area contributed by atoms with Gasteiger partial charge in [0.15, 0.2) is 0 Å². The molecule has 0 aromatic carbocycles. The predicted molar refractivity (Wildman–Crippen MR) is 99.6 cm³/mol. The number of rotatable bonds is 2. The zero-order valence-corrected chi connectivity index (χ0v) is 15.6. The molecule has 3 aliphatic rings. The van der Waals surface area contributed by atoms with Gasteiger partial charge in [-0.2, -0.15) is 0 Å². The zero-order chi connectivity index (χ0) is 17.5. The normalized spacial score (nSPS) is 41.0. The molecule has 4 atom stereocenters. The van der Waals surface area contributed by atoms with Crippen LogP contribution in [0.3, 0.4) is 0 Å². The van der Waals surface area contributed by atoms with Gasteiger partial charge in [-0.05, 0) is 88.0 Å². The van der Waals surface area contributed by atoms with Gasteiger partial charge in [0.25, 0.3) is 0 Å². The third-order valence-corrected chi connectivity index (χ3v) is 7.00. The Bertz CT molecular complexity index is 563. The van der Waals surface area contributed by atoms with Crippen molar-refractivity contribution in [3.8, 4) is 0 Å². The van der Waals surface area contributed by atoms with E-state index in [4.69, 9.17) is 0 Å². The Hall–Kier alpha value is -0.860. The number of allylic oxidation sites excluding steroid dienone is 4. The average molecular weight is 331 g/mol. The molecule has 0 saturated heterocycles. The minimum atomic E-state index is -0.591. The molecule has 2 N–H and O–H groups in total. The van der Waals surface area contributed by atoms with Crippen LogP contribution in [0.25, 0.3) is 0 Å². The molecular formula is C22H34O2. The van der Waals surface area contributed by atoms with Crippen molar-refractivity contribution in [1.82, 2.24) is 0 Å². The van der Waals surface area contributed by atoms with E-state index in [-0.39, 0.29) is 11.5 Å². The summed E-state index contributed by atoms with van der Waals surface area (Å²) in [5.74, 6) is 0.985. The van der Waals surface area contributed by atoms with E-state index in [1.54, 1.807) is 5.57 Å². The summed E-state index contributed by atoms with van der Waals surface area (Å²) in [5.41, 5.74) is 3.61. The molecule has 3 saturated carbocycles. The molecule has 0 radical (unpaired) electrons. The Morgan fingerprint density at radius 3 is 2.62 bits per heavy atom. The number of aliphatic hydroxyl groups is 2. The predicted octanol–water partition coefficient (Wildman–Crippen LogP) is 4.93. The van der Waals surface area contributed by atoms with Crippen LogP contribution >= 0.6 is 0 Å². The van der Waals surface area contributed by atoms with E-state index < -0.39 is 5.60 Å². The van der Waals surface area contributed by atoms with E-state index in [2.05, 4.69) is 25.7 Å². The van der Waals surface area contributed by atoms with E-state index >= 15 is 0 Å². The highest BCUT2D eigenvalue weighted by molar-refractivity contribution is 5.36. The first kappa shape index (κ1) is 17.9. The zero-order valence-electron chi connectivity index (χ0n) is 15.6. The maximum atomic E-state index is 10.6. The summed E-state index contributed by atoms with van der Waals surface area (Å²) in [6, 6.07) is 0. The first-order valence-electron chi connectivity index (χ1n) is 9.70. The summed E-state index contributed by atoms with van der Waals surface area (Å²) < 4.78 is 0. The Kier molecular flexibility index (Phi) is 4.83. The molecule has 2 heteroatoms. The average Bonchev–Trinajstić information content (AvgIpc) is 2.85. The van der Waals surface area contributed by atoms with E-state index in [1.165, 1.54) is 36.8 Å². The van der Waals surface area contributed by atoms with Crippen molar-refractivity contribution in [1.29, 1.82) is 0 Å². The van der Waals surface area contributed by atoms with Gasteiger partial charge in [-0.1, -0.05) is 36.8 Å². The van der Waals surface area contributed by atoms with Crippen LogP contribution in [-0.2, 0) is 0 Å². The minimum absolute atomic E-state index is 0.206. The largest absolute Gasteiger partial charge is 0.393 e. The van der Waals surface area contributed by atoms with Gasteiger partial charge in [0.05, 0.1) is 11.7 Å². The van der Waals surface area contributed by atoms with Crippen LogP contribution in [0.1, 0.15) is 72.1 Å². The summed E-state index contributed by atoms with van der Waals surface area (Å²) in [6.45, 7) is 10.5. The molecule has 0 aromatic heterocycles. The lowest BCUT2D eigenvalue weighted by Gasteiger charge is -2.46. The van der Waals surface area contributed by atoms with E-state index in [0.717, 1.165) is 25.7 Å². The number of hydrogen-bond acceptors (Lipinski definition) is 2. The highest BCUT2D eigenvalue weighted by atomic mass is 16.3. The first-order valence-corrected chi connectivity index (χ1v) is 9.70. The van der Waals surface area contributed by atoms with Crippen LogP contribution in [0.4, 0.5) is 0 Å². The third kappa shape index (κ3) is 3.28. The fraction of sp³-hybridized carbons (Fsp3) is 0.727. The molecule has 2 nitrogen and oxygen atoms in total. The third-order valence-electron chi connectivity index (χ3n) is 7.00. The van der Waals surface area contributed by atoms with Crippen molar-refractivity contribution in [2.24, 2.45) is 17.3 Å². The summed E-state index contributed by atoms with van der Waals surface area (Å²) in [4.78, 5) is 0. The fourth-order valence-electron chi connectivity index (χ4n) is 5.80. The van der Waals surface area contributed by atoms with Crippen LogP contribution in [0.2, 0.25) is 0 Å². The molecule has 0 heterocycles. The van der Waals surface area contributed by atoms with Gasteiger partial charge >= 0.3 is 0 Å². The van der Waals surface area contributed by atoms with E-state index in [1.807, 2.05) is 13.8 Å². The van der Waals surface area contributed by atoms with Crippen LogP contribution in [0.15, 0.2) is 35.5 Å². The fourth-order valence-corrected chi connectivity index (χ4v) is 5.80. The summed E-state index contributed by atoms with van der Waals surface area (Å²) in [6.07, 6.45) is 12.8. The van der Waals surface area contributed by atoms with E-state index in [0.29, 0.717) is 11.8 Å². The maximum Gasteiger partial charge on any atom is 0.0625 e. The molecular weight excluding hydrogens is 296 g/mol. The Morgan fingerprint density at radius 1 is 1.17 bits per heavy atom. The maximum absolute atomic E-state index is 10.6. The van der Waals surface area contributed by atoms with Crippen LogP contribution in [0.5, 0.6) is 0 Å². The molecule has 0 aromatic rings. The van der Waals surface area contributed by atoms with Gasteiger partial charge in [0.2, 0.25) is 0 Å². The Morgan fingerprint density at radius 2 is 1.92 bits per heavy atom. The molecule has 3 rings (SSSR count). The van der Waals surface area contributed by atoms with Gasteiger partial charge in [-0.3, -0.25) is 0 Å². The molecule has 0 aliphatic heterocycles. The summed E-state index contributed by atoms with van der Waals surface area (Å²) >= 11 is 0. The molecule has 24 heavy (non-hydrogen) atoms. The van der Waals surface area contributed by atoms with Gasteiger partial charge in [-0.25, -0.2) is 0 Å². The highest BCUT2D eigenvalue weighted by Crippen LogP contribution is 2.60. The second-order valence-electron chi connectivity index (χ2n) is 9.13. The molecule has 0 unspecified atom stereocenters. The monoisotopic (exact) mass is 330 g/mol. The molecule has 0 amide bonds. The van der Waals surface area contributed by atoms with E-state index in [9.17, 15) is 10.2 Å². The van der Waals surface area contributed by atoms with Crippen LogP contribution < -0.4 is 0 Å². The second-order valence-corrected chi connectivity index (χ2v) is 9.13. The number of hydrogen-bond donors (Lipinski definition) is 2. The molecule has 3 aliphatic carbocycles. The SMILES string of the molecule is C=C1CC[C@H](O)C/C1=C/C=C1\CCC[C@]2(C)[C@@H](C(C)(C)O)CC[C@@H]12. The topological polar surface area (TPSA) is 40.5 Å². The van der Waals surface area contributed by atoms with Crippen molar-refractivity contribution < 1.29 is 10.2 Å². The van der Waals surface area contributed by atoms with Gasteiger partial charge in [0, 0.05) is 0 Å². The Labute approximate surface area is 147 Å². The Balaban J connectivity index is 1.83. The standard InChI is InChI=1S/C22H34O2/c1-15-7-10-18(23)14-17(15)9-8-16-6-5-13-22(4)19(16)11-12-20(22)21(2,3)24/h8-9,18-20,23-24H,1,5-7,10-14H2,2-4H3/b16-8+,17-9-/t18-,19-,20+,22-/m0/s1. The van der Waals surface area contributed by atoms with Crippen molar-refractivity contribution in [3.05, 3.63) is 35.5 Å². The quantitative estimate of drug-likeness (QED) is 0.754. The first-order chi connectivity index (χ1) is 11.2. The number of fused-ring (bicyclic) bond motifs is 1. The number of aliphatic hydroxyl groups excluding tert-OH is 1.